The highest BCUT2D eigenvalue weighted by Crippen LogP contribution is 2.21. The van der Waals surface area contributed by atoms with Crippen LogP contribution in [0.3, 0.4) is 0 Å². The van der Waals surface area contributed by atoms with Crippen LogP contribution >= 0.6 is 0 Å². The Morgan fingerprint density at radius 2 is 1.54 bits per heavy atom. The molecular weight excluding hydrogens is 322 g/mol. The number of hydrogen-bond acceptors (Lipinski definition) is 9. The molecule has 0 aromatic heterocycles. The number of aliphatic hydroxyl groups excluding tert-OH is 4. The molecule has 0 aromatic rings. The van der Waals surface area contributed by atoms with Gasteiger partial charge in [-0.2, -0.15) is 0 Å². The average molecular weight is 353 g/mol. The largest absolute Gasteiger partial charge is 0.394 e. The highest BCUT2D eigenvalue weighted by atomic mass is 16.7. The average Bonchev–Trinajstić information content (AvgIpc) is 2.56. The number of rotatable bonds is 12. The van der Waals surface area contributed by atoms with E-state index in [0.717, 1.165) is 6.54 Å². The van der Waals surface area contributed by atoms with Gasteiger partial charge in [-0.15, -0.1) is 0 Å². The minimum Gasteiger partial charge on any atom is -0.394 e. The van der Waals surface area contributed by atoms with Gasteiger partial charge in [0, 0.05) is 12.6 Å². The summed E-state index contributed by atoms with van der Waals surface area (Å²) < 4.78 is 21.2. The fraction of sp³-hybridized carbons (Fsp3) is 1.00. The first kappa shape index (κ1) is 21.7. The van der Waals surface area contributed by atoms with Crippen LogP contribution in [0.5, 0.6) is 0 Å². The van der Waals surface area contributed by atoms with E-state index in [9.17, 15) is 15.3 Å². The Morgan fingerprint density at radius 3 is 2.17 bits per heavy atom. The molecule has 5 N–H and O–H groups in total. The van der Waals surface area contributed by atoms with Crippen molar-refractivity contribution in [2.45, 2.75) is 50.6 Å². The smallest absolute Gasteiger partial charge is 0.186 e. The van der Waals surface area contributed by atoms with Crippen molar-refractivity contribution in [2.24, 2.45) is 0 Å². The maximum absolute atomic E-state index is 9.77. The van der Waals surface area contributed by atoms with Crippen LogP contribution in [0.1, 0.15) is 13.8 Å². The number of hydrogen-bond donors (Lipinski definition) is 5. The molecule has 9 heteroatoms. The van der Waals surface area contributed by atoms with Gasteiger partial charge in [0.2, 0.25) is 0 Å². The molecule has 144 valence electrons. The highest BCUT2D eigenvalue weighted by Gasteiger charge is 2.43. The van der Waals surface area contributed by atoms with Gasteiger partial charge >= 0.3 is 0 Å². The normalized spacial score (nSPS) is 30.9. The van der Waals surface area contributed by atoms with Crippen LogP contribution in [0.2, 0.25) is 0 Å². The van der Waals surface area contributed by atoms with Gasteiger partial charge in [-0.3, -0.25) is 0 Å². The van der Waals surface area contributed by atoms with Crippen molar-refractivity contribution in [3.63, 3.8) is 0 Å². The van der Waals surface area contributed by atoms with Gasteiger partial charge in [-0.25, -0.2) is 0 Å². The monoisotopic (exact) mass is 353 g/mol. The molecule has 0 saturated carbocycles. The van der Waals surface area contributed by atoms with Gasteiger partial charge in [-0.05, 0) is 0 Å². The second-order valence-corrected chi connectivity index (χ2v) is 5.90. The first-order valence-corrected chi connectivity index (χ1v) is 8.28. The summed E-state index contributed by atoms with van der Waals surface area (Å²) in [5, 5.41) is 41.3. The Balaban J connectivity index is 2.04. The molecule has 0 amide bonds. The van der Waals surface area contributed by atoms with Crippen molar-refractivity contribution >= 4 is 0 Å². The molecule has 0 spiro atoms. The fourth-order valence-electron chi connectivity index (χ4n) is 2.17. The highest BCUT2D eigenvalue weighted by molar-refractivity contribution is 4.88. The molecule has 1 aliphatic heterocycles. The number of aliphatic hydroxyl groups is 4. The quantitative estimate of drug-likeness (QED) is 0.249. The Labute approximate surface area is 142 Å². The van der Waals surface area contributed by atoms with Crippen molar-refractivity contribution in [3.8, 4) is 0 Å². The van der Waals surface area contributed by atoms with E-state index in [-0.39, 0.29) is 13.2 Å². The zero-order chi connectivity index (χ0) is 17.9. The first-order valence-electron chi connectivity index (χ1n) is 8.28. The SMILES string of the molecule is CC(C)NCCOCCOCCOC1OC(CO)C(O)C(O)C1O. The predicted molar refractivity (Wildman–Crippen MR) is 84.5 cm³/mol. The minimum absolute atomic E-state index is 0.137. The third-order valence-electron chi connectivity index (χ3n) is 3.53. The Kier molecular flexibility index (Phi) is 10.9. The molecule has 0 aromatic carbocycles. The second-order valence-electron chi connectivity index (χ2n) is 5.90. The van der Waals surface area contributed by atoms with E-state index in [0.29, 0.717) is 25.9 Å². The summed E-state index contributed by atoms with van der Waals surface area (Å²) in [5.41, 5.74) is 0. The van der Waals surface area contributed by atoms with E-state index in [1.165, 1.54) is 0 Å². The van der Waals surface area contributed by atoms with Gasteiger partial charge in [0.15, 0.2) is 6.29 Å². The number of nitrogens with one attached hydrogen (secondary N) is 1. The molecule has 0 radical (unpaired) electrons. The molecule has 24 heavy (non-hydrogen) atoms. The predicted octanol–water partition coefficient (Wildman–Crippen LogP) is -2.17. The summed E-state index contributed by atoms with van der Waals surface area (Å²) in [6.45, 7) is 6.35. The van der Waals surface area contributed by atoms with Crippen LogP contribution in [0.15, 0.2) is 0 Å². The molecular formula is C15H31NO8. The first-order chi connectivity index (χ1) is 11.5. The van der Waals surface area contributed by atoms with E-state index < -0.39 is 37.3 Å². The molecule has 1 saturated heterocycles. The summed E-state index contributed by atoms with van der Waals surface area (Å²) in [5.74, 6) is 0. The van der Waals surface area contributed by atoms with Gasteiger partial charge in [-0.1, -0.05) is 13.8 Å². The van der Waals surface area contributed by atoms with E-state index in [4.69, 9.17) is 24.1 Å². The van der Waals surface area contributed by atoms with Crippen LogP contribution in [-0.4, -0.2) is 103 Å². The molecule has 0 aliphatic carbocycles. The van der Waals surface area contributed by atoms with Crippen LogP contribution in [0, 0.1) is 0 Å². The summed E-state index contributed by atoms with van der Waals surface area (Å²) in [7, 11) is 0. The third kappa shape index (κ3) is 7.68. The molecule has 9 nitrogen and oxygen atoms in total. The van der Waals surface area contributed by atoms with Crippen LogP contribution in [0.25, 0.3) is 0 Å². The van der Waals surface area contributed by atoms with Gasteiger partial charge in [0.05, 0.1) is 39.6 Å². The lowest BCUT2D eigenvalue weighted by atomic mass is 9.99. The lowest BCUT2D eigenvalue weighted by Gasteiger charge is -2.39. The van der Waals surface area contributed by atoms with Crippen LogP contribution < -0.4 is 5.32 Å². The van der Waals surface area contributed by atoms with E-state index in [2.05, 4.69) is 19.2 Å². The molecule has 1 fully saturated rings. The summed E-state index contributed by atoms with van der Waals surface area (Å²) in [4.78, 5) is 0. The summed E-state index contributed by atoms with van der Waals surface area (Å²) >= 11 is 0. The molecule has 1 aliphatic rings. The lowest BCUT2D eigenvalue weighted by Crippen LogP contribution is -2.59. The molecule has 1 rings (SSSR count). The van der Waals surface area contributed by atoms with E-state index >= 15 is 0 Å². The summed E-state index contributed by atoms with van der Waals surface area (Å²) in [6, 6.07) is 0.435. The molecule has 1 heterocycles. The van der Waals surface area contributed by atoms with Crippen molar-refractivity contribution in [3.05, 3.63) is 0 Å². The molecule has 5 unspecified atom stereocenters. The topological polar surface area (TPSA) is 130 Å². The van der Waals surface area contributed by atoms with Crippen LogP contribution in [0.4, 0.5) is 0 Å². The van der Waals surface area contributed by atoms with Crippen LogP contribution in [-0.2, 0) is 18.9 Å². The minimum atomic E-state index is -1.44. The maximum atomic E-state index is 9.77. The maximum Gasteiger partial charge on any atom is 0.186 e. The van der Waals surface area contributed by atoms with Crippen molar-refractivity contribution < 1.29 is 39.4 Å². The Hall–Kier alpha value is -0.360. The zero-order valence-electron chi connectivity index (χ0n) is 14.3. The van der Waals surface area contributed by atoms with E-state index in [1.54, 1.807) is 0 Å². The zero-order valence-corrected chi connectivity index (χ0v) is 14.3. The van der Waals surface area contributed by atoms with E-state index in [1.807, 2.05) is 0 Å². The third-order valence-corrected chi connectivity index (χ3v) is 3.53. The Bertz CT molecular complexity index is 318. The molecule has 5 atom stereocenters. The van der Waals surface area contributed by atoms with Crippen molar-refractivity contribution in [2.75, 3.05) is 46.2 Å². The lowest BCUT2D eigenvalue weighted by molar-refractivity contribution is -0.302. The number of ether oxygens (including phenoxy) is 4. The van der Waals surface area contributed by atoms with Crippen molar-refractivity contribution in [1.82, 2.24) is 5.32 Å². The Morgan fingerprint density at radius 1 is 0.917 bits per heavy atom. The summed E-state index contributed by atoms with van der Waals surface area (Å²) in [6.07, 6.45) is -6.30. The van der Waals surface area contributed by atoms with Gasteiger partial charge < -0.3 is 44.7 Å². The van der Waals surface area contributed by atoms with Gasteiger partial charge in [0.1, 0.15) is 24.4 Å². The van der Waals surface area contributed by atoms with Crippen molar-refractivity contribution in [1.29, 1.82) is 0 Å². The van der Waals surface area contributed by atoms with Gasteiger partial charge in [0.25, 0.3) is 0 Å². The second kappa shape index (κ2) is 12.1. The molecule has 0 bridgehead atoms. The fourth-order valence-corrected chi connectivity index (χ4v) is 2.17. The standard InChI is InChI=1S/C15H31NO8/c1-10(2)16-3-4-21-5-6-22-7-8-23-15-14(20)13(19)12(18)11(9-17)24-15/h10-20H,3-9H2,1-2H3.